The summed E-state index contributed by atoms with van der Waals surface area (Å²) in [5.41, 5.74) is 5.72. The molecule has 0 aromatic carbocycles. The molecule has 0 aromatic rings. The van der Waals surface area contributed by atoms with Crippen molar-refractivity contribution in [3.05, 3.63) is 12.2 Å². The first-order valence-electron chi connectivity index (χ1n) is 7.94. The van der Waals surface area contributed by atoms with Crippen LogP contribution in [0.5, 0.6) is 0 Å². The Kier molecular flexibility index (Phi) is 6.81. The van der Waals surface area contributed by atoms with Crippen LogP contribution in [0.15, 0.2) is 12.2 Å². The van der Waals surface area contributed by atoms with E-state index in [0.717, 1.165) is 4.90 Å². The molecule has 0 aliphatic carbocycles. The van der Waals surface area contributed by atoms with Crippen LogP contribution < -0.4 is 5.73 Å². The second-order valence-corrected chi connectivity index (χ2v) is 7.15. The molecule has 0 bridgehead atoms. The van der Waals surface area contributed by atoms with Gasteiger partial charge in [0.25, 0.3) is 11.8 Å². The predicted octanol–water partition coefficient (Wildman–Crippen LogP) is 1.37. The van der Waals surface area contributed by atoms with Crippen LogP contribution in [-0.4, -0.2) is 40.9 Å². The molecule has 0 saturated carbocycles. The molecule has 1 aliphatic rings. The maximum Gasteiger partial charge on any atom is 0.253 e. The Labute approximate surface area is 137 Å². The number of ketones is 2. The standard InChI is InChI=1S/C17H26N2O4/c1-17(2,3)11-14(21)13(18)7-6-12(20)5-4-10-19-15(22)8-9-16(19)23/h8-9,13H,4-7,10-11,18H2,1-3H3/t13-/m0/s1. The van der Waals surface area contributed by atoms with Gasteiger partial charge in [-0.15, -0.1) is 0 Å². The highest BCUT2D eigenvalue weighted by Gasteiger charge is 2.23. The number of Topliss-reactive ketones (excluding diaryl/α,β-unsaturated/α-hetero) is 2. The molecule has 1 heterocycles. The molecule has 1 rings (SSSR count). The summed E-state index contributed by atoms with van der Waals surface area (Å²) in [5.74, 6) is -0.699. The van der Waals surface area contributed by atoms with Gasteiger partial charge in [-0.3, -0.25) is 24.1 Å². The molecule has 2 amide bonds. The summed E-state index contributed by atoms with van der Waals surface area (Å²) in [7, 11) is 0. The number of nitrogens with two attached hydrogens (primary N) is 1. The van der Waals surface area contributed by atoms with E-state index in [4.69, 9.17) is 5.73 Å². The van der Waals surface area contributed by atoms with E-state index in [1.54, 1.807) is 0 Å². The molecule has 2 N–H and O–H groups in total. The third-order valence-corrected chi connectivity index (χ3v) is 3.59. The molecule has 0 spiro atoms. The molecular formula is C17H26N2O4. The summed E-state index contributed by atoms with van der Waals surface area (Å²) in [6, 6.07) is -0.607. The maximum absolute atomic E-state index is 11.9. The zero-order valence-corrected chi connectivity index (χ0v) is 14.1. The van der Waals surface area contributed by atoms with Crippen LogP contribution in [0, 0.1) is 5.41 Å². The van der Waals surface area contributed by atoms with Gasteiger partial charge in [0.15, 0.2) is 0 Å². The smallest absolute Gasteiger partial charge is 0.253 e. The Hall–Kier alpha value is -1.82. The van der Waals surface area contributed by atoms with Crippen LogP contribution in [0.1, 0.15) is 52.9 Å². The average Bonchev–Trinajstić information content (AvgIpc) is 2.74. The first-order valence-corrected chi connectivity index (χ1v) is 7.94. The number of carbonyl (C=O) groups is 4. The summed E-state index contributed by atoms with van der Waals surface area (Å²) in [6.45, 7) is 6.15. The number of amides is 2. The van der Waals surface area contributed by atoms with E-state index in [-0.39, 0.29) is 48.2 Å². The van der Waals surface area contributed by atoms with Crippen molar-refractivity contribution in [3.63, 3.8) is 0 Å². The van der Waals surface area contributed by atoms with E-state index in [0.29, 0.717) is 19.3 Å². The molecule has 0 fully saturated rings. The van der Waals surface area contributed by atoms with E-state index in [9.17, 15) is 19.2 Å². The van der Waals surface area contributed by atoms with Crippen molar-refractivity contribution in [2.45, 2.75) is 58.9 Å². The fourth-order valence-corrected chi connectivity index (χ4v) is 2.34. The van der Waals surface area contributed by atoms with Gasteiger partial charge >= 0.3 is 0 Å². The van der Waals surface area contributed by atoms with Gasteiger partial charge in [-0.1, -0.05) is 20.8 Å². The Bertz CT molecular complexity index is 499. The van der Waals surface area contributed by atoms with Gasteiger partial charge in [-0.25, -0.2) is 0 Å². The molecule has 0 unspecified atom stereocenters. The second-order valence-electron chi connectivity index (χ2n) is 7.15. The highest BCUT2D eigenvalue weighted by molar-refractivity contribution is 6.12. The number of hydrogen-bond donors (Lipinski definition) is 1. The summed E-state index contributed by atoms with van der Waals surface area (Å²) in [5, 5.41) is 0. The Balaban J connectivity index is 2.23. The second kappa shape index (κ2) is 8.15. The van der Waals surface area contributed by atoms with Crippen molar-refractivity contribution >= 4 is 23.4 Å². The van der Waals surface area contributed by atoms with Crippen LogP contribution in [0.4, 0.5) is 0 Å². The number of rotatable bonds is 9. The predicted molar refractivity (Wildman–Crippen MR) is 86.4 cm³/mol. The zero-order chi connectivity index (χ0) is 17.6. The molecule has 0 saturated heterocycles. The summed E-state index contributed by atoms with van der Waals surface area (Å²) >= 11 is 0. The van der Waals surface area contributed by atoms with Crippen molar-refractivity contribution in [2.24, 2.45) is 11.1 Å². The van der Waals surface area contributed by atoms with Crippen LogP contribution in [-0.2, 0) is 19.2 Å². The highest BCUT2D eigenvalue weighted by atomic mass is 16.2. The lowest BCUT2D eigenvalue weighted by molar-refractivity contribution is -0.137. The van der Waals surface area contributed by atoms with Crippen molar-refractivity contribution < 1.29 is 19.2 Å². The maximum atomic E-state index is 11.9. The lowest BCUT2D eigenvalue weighted by Crippen LogP contribution is -2.33. The molecular weight excluding hydrogens is 296 g/mol. The fourth-order valence-electron chi connectivity index (χ4n) is 2.34. The third-order valence-electron chi connectivity index (χ3n) is 3.59. The SMILES string of the molecule is CC(C)(C)CC(=O)[C@@H](N)CCC(=O)CCCN1C(=O)C=CC1=O. The highest BCUT2D eigenvalue weighted by Crippen LogP contribution is 2.20. The topological polar surface area (TPSA) is 97.5 Å². The third kappa shape index (κ3) is 6.86. The Morgan fingerprint density at radius 1 is 1.13 bits per heavy atom. The molecule has 6 heteroatoms. The number of nitrogens with zero attached hydrogens (tertiary/aromatic N) is 1. The van der Waals surface area contributed by atoms with Gasteiger partial charge in [0.05, 0.1) is 6.04 Å². The van der Waals surface area contributed by atoms with Crippen molar-refractivity contribution in [1.29, 1.82) is 0 Å². The van der Waals surface area contributed by atoms with Gasteiger partial charge in [-0.2, -0.15) is 0 Å². The van der Waals surface area contributed by atoms with E-state index in [1.807, 2.05) is 20.8 Å². The molecule has 23 heavy (non-hydrogen) atoms. The van der Waals surface area contributed by atoms with Gasteiger partial charge in [-0.05, 0) is 18.3 Å². The summed E-state index contributed by atoms with van der Waals surface area (Å²) in [6.07, 6.45) is 4.15. The van der Waals surface area contributed by atoms with Crippen LogP contribution in [0.25, 0.3) is 0 Å². The Morgan fingerprint density at radius 3 is 2.22 bits per heavy atom. The van der Waals surface area contributed by atoms with Crippen molar-refractivity contribution in [3.8, 4) is 0 Å². The molecule has 128 valence electrons. The number of hydrogen-bond acceptors (Lipinski definition) is 5. The average molecular weight is 322 g/mol. The molecule has 1 atom stereocenters. The normalized spacial score (nSPS) is 16.1. The van der Waals surface area contributed by atoms with E-state index in [2.05, 4.69) is 0 Å². The zero-order valence-electron chi connectivity index (χ0n) is 14.1. The number of imide groups is 1. The fraction of sp³-hybridized carbons (Fsp3) is 0.647. The Morgan fingerprint density at radius 2 is 1.70 bits per heavy atom. The molecule has 6 nitrogen and oxygen atoms in total. The summed E-state index contributed by atoms with van der Waals surface area (Å²) < 4.78 is 0. The molecule has 0 aromatic heterocycles. The minimum absolute atomic E-state index is 0.00365. The van der Waals surface area contributed by atoms with Crippen LogP contribution in [0.2, 0.25) is 0 Å². The van der Waals surface area contributed by atoms with Gasteiger partial charge in [0.2, 0.25) is 0 Å². The van der Waals surface area contributed by atoms with E-state index in [1.165, 1.54) is 12.2 Å². The van der Waals surface area contributed by atoms with Gasteiger partial charge in [0.1, 0.15) is 11.6 Å². The van der Waals surface area contributed by atoms with Crippen molar-refractivity contribution in [2.75, 3.05) is 6.54 Å². The molecule has 1 aliphatic heterocycles. The lowest BCUT2D eigenvalue weighted by atomic mass is 9.87. The van der Waals surface area contributed by atoms with Crippen LogP contribution >= 0.6 is 0 Å². The van der Waals surface area contributed by atoms with Crippen molar-refractivity contribution in [1.82, 2.24) is 4.90 Å². The monoisotopic (exact) mass is 322 g/mol. The quantitative estimate of drug-likeness (QED) is 0.647. The summed E-state index contributed by atoms with van der Waals surface area (Å²) in [4.78, 5) is 47.5. The molecule has 0 radical (unpaired) electrons. The largest absolute Gasteiger partial charge is 0.321 e. The van der Waals surface area contributed by atoms with Crippen LogP contribution in [0.3, 0.4) is 0 Å². The van der Waals surface area contributed by atoms with Gasteiger partial charge < -0.3 is 5.73 Å². The first kappa shape index (κ1) is 19.2. The van der Waals surface area contributed by atoms with E-state index >= 15 is 0 Å². The number of carbonyl (C=O) groups excluding carboxylic acids is 4. The van der Waals surface area contributed by atoms with E-state index < -0.39 is 6.04 Å². The lowest BCUT2D eigenvalue weighted by Gasteiger charge is -2.19. The minimum atomic E-state index is -0.607. The minimum Gasteiger partial charge on any atom is -0.321 e. The van der Waals surface area contributed by atoms with Gasteiger partial charge in [0, 0.05) is 38.0 Å². The first-order chi connectivity index (χ1) is 10.6.